The molecule has 0 aromatic carbocycles. The van der Waals surface area contributed by atoms with E-state index in [0.29, 0.717) is 6.10 Å². The van der Waals surface area contributed by atoms with Gasteiger partial charge < -0.3 is 4.74 Å². The molecule has 1 heteroatoms. The number of ether oxygens (including phenoxy) is 1. The van der Waals surface area contributed by atoms with E-state index in [2.05, 4.69) is 55.4 Å². The first kappa shape index (κ1) is 24.2. The summed E-state index contributed by atoms with van der Waals surface area (Å²) in [5.74, 6) is 2.40. The Kier molecular flexibility index (Phi) is 14.8. The van der Waals surface area contributed by atoms with Crippen molar-refractivity contribution < 1.29 is 4.74 Å². The monoisotopic (exact) mass is 314 g/mol. The van der Waals surface area contributed by atoms with Crippen molar-refractivity contribution in [1.82, 2.24) is 0 Å². The molecule has 1 nitrogen and oxygen atoms in total. The molecule has 0 saturated carbocycles. The molecular weight excluding hydrogens is 268 g/mol. The van der Waals surface area contributed by atoms with Crippen LogP contribution in [-0.2, 0) is 4.74 Å². The lowest BCUT2D eigenvalue weighted by atomic mass is 9.81. The lowest BCUT2D eigenvalue weighted by Gasteiger charge is -2.34. The van der Waals surface area contributed by atoms with Gasteiger partial charge in [0.2, 0.25) is 0 Å². The summed E-state index contributed by atoms with van der Waals surface area (Å²) in [6.45, 7) is 23.4. The molecule has 0 radical (unpaired) electrons. The summed E-state index contributed by atoms with van der Waals surface area (Å²) in [4.78, 5) is 0. The molecule has 0 aliphatic heterocycles. The molecule has 0 aromatic heterocycles. The molecule has 0 fully saturated rings. The molecule has 0 amide bonds. The van der Waals surface area contributed by atoms with Crippen LogP contribution in [0.2, 0.25) is 0 Å². The Labute approximate surface area is 142 Å². The van der Waals surface area contributed by atoms with Crippen molar-refractivity contribution in [3.8, 4) is 0 Å². The topological polar surface area (TPSA) is 9.23 Å². The lowest BCUT2D eigenvalue weighted by molar-refractivity contribution is -0.0413. The molecule has 136 valence electrons. The molecule has 0 bridgehead atoms. The van der Waals surface area contributed by atoms with E-state index in [1.807, 2.05) is 13.8 Å². The van der Waals surface area contributed by atoms with Crippen LogP contribution in [0.4, 0.5) is 0 Å². The average Bonchev–Trinajstić information content (AvgIpc) is 2.55. The highest BCUT2D eigenvalue weighted by molar-refractivity contribution is 4.76. The van der Waals surface area contributed by atoms with Crippen molar-refractivity contribution in [2.45, 2.75) is 107 Å². The molecule has 22 heavy (non-hydrogen) atoms. The fourth-order valence-electron chi connectivity index (χ4n) is 2.74. The third-order valence-electron chi connectivity index (χ3n) is 5.69. The summed E-state index contributed by atoms with van der Waals surface area (Å²) in [7, 11) is 0. The predicted molar refractivity (Wildman–Crippen MR) is 102 cm³/mol. The Morgan fingerprint density at radius 2 is 1.32 bits per heavy atom. The van der Waals surface area contributed by atoms with Crippen molar-refractivity contribution >= 4 is 0 Å². The normalized spacial score (nSPS) is 17.2. The zero-order valence-corrected chi connectivity index (χ0v) is 17.5. The fraction of sp³-hybridized carbons (Fsp3) is 1.00. The zero-order valence-electron chi connectivity index (χ0n) is 17.5. The van der Waals surface area contributed by atoms with Crippen LogP contribution in [0.25, 0.3) is 0 Å². The van der Waals surface area contributed by atoms with Crippen LogP contribution in [0.1, 0.15) is 101 Å². The van der Waals surface area contributed by atoms with Gasteiger partial charge in [0.1, 0.15) is 0 Å². The summed E-state index contributed by atoms with van der Waals surface area (Å²) < 4.78 is 6.25. The standard InChI is InChI=1S/C19H40O.C2H6/c1-9-15(5)13-17(10-2)18(11-3)14-20-16(6)19(7,8)12-4;1-2/h15-18H,9-14H2,1-8H3;1-2H3. The van der Waals surface area contributed by atoms with Crippen LogP contribution in [0.5, 0.6) is 0 Å². The van der Waals surface area contributed by atoms with Crippen LogP contribution < -0.4 is 0 Å². The van der Waals surface area contributed by atoms with Gasteiger partial charge in [0, 0.05) is 0 Å². The van der Waals surface area contributed by atoms with Crippen molar-refractivity contribution in [2.75, 3.05) is 6.61 Å². The van der Waals surface area contributed by atoms with Gasteiger partial charge in [-0.05, 0) is 42.9 Å². The molecule has 0 aliphatic carbocycles. The van der Waals surface area contributed by atoms with E-state index in [0.717, 1.165) is 24.4 Å². The largest absolute Gasteiger partial charge is 0.378 e. The smallest absolute Gasteiger partial charge is 0.0597 e. The molecule has 0 spiro atoms. The summed E-state index contributed by atoms with van der Waals surface area (Å²) >= 11 is 0. The second kappa shape index (κ2) is 13.4. The SMILES string of the molecule is CC.CCC(C)CC(CC)C(CC)COC(C)C(C)(C)CC. The fourth-order valence-corrected chi connectivity index (χ4v) is 2.74. The van der Waals surface area contributed by atoms with E-state index in [9.17, 15) is 0 Å². The van der Waals surface area contributed by atoms with Gasteiger partial charge in [-0.3, -0.25) is 0 Å². The summed E-state index contributed by atoms with van der Waals surface area (Å²) in [6.07, 6.45) is 6.72. The molecule has 4 atom stereocenters. The van der Waals surface area contributed by atoms with Gasteiger partial charge in [0.05, 0.1) is 12.7 Å². The van der Waals surface area contributed by atoms with Crippen LogP contribution in [0, 0.1) is 23.2 Å². The summed E-state index contributed by atoms with van der Waals surface area (Å²) in [5, 5.41) is 0. The van der Waals surface area contributed by atoms with Gasteiger partial charge in [0.15, 0.2) is 0 Å². The van der Waals surface area contributed by atoms with Gasteiger partial charge in [0.25, 0.3) is 0 Å². The molecule has 0 aliphatic rings. The van der Waals surface area contributed by atoms with Crippen LogP contribution in [0.3, 0.4) is 0 Å². The maximum atomic E-state index is 6.25. The summed E-state index contributed by atoms with van der Waals surface area (Å²) in [5.41, 5.74) is 0.288. The third kappa shape index (κ3) is 9.18. The molecule has 0 saturated heterocycles. The van der Waals surface area contributed by atoms with E-state index in [-0.39, 0.29) is 5.41 Å². The van der Waals surface area contributed by atoms with Crippen molar-refractivity contribution in [3.05, 3.63) is 0 Å². The van der Waals surface area contributed by atoms with Gasteiger partial charge in [-0.25, -0.2) is 0 Å². The van der Waals surface area contributed by atoms with Gasteiger partial charge in [-0.2, -0.15) is 0 Å². The molecular formula is C21H46O. The first-order valence-corrected chi connectivity index (χ1v) is 9.93. The second-order valence-electron chi connectivity index (χ2n) is 7.40. The third-order valence-corrected chi connectivity index (χ3v) is 5.69. The number of rotatable bonds is 11. The Bertz CT molecular complexity index is 234. The molecule has 0 rings (SSSR count). The molecule has 0 N–H and O–H groups in total. The minimum atomic E-state index is 0.288. The van der Waals surface area contributed by atoms with Crippen molar-refractivity contribution in [3.63, 3.8) is 0 Å². The average molecular weight is 315 g/mol. The van der Waals surface area contributed by atoms with Crippen LogP contribution >= 0.6 is 0 Å². The van der Waals surface area contributed by atoms with Gasteiger partial charge in [-0.1, -0.05) is 81.6 Å². The van der Waals surface area contributed by atoms with E-state index < -0.39 is 0 Å². The predicted octanol–water partition coefficient (Wildman–Crippen LogP) is 7.34. The van der Waals surface area contributed by atoms with Crippen LogP contribution in [-0.4, -0.2) is 12.7 Å². The molecule has 0 aromatic rings. The minimum absolute atomic E-state index is 0.288. The highest BCUT2D eigenvalue weighted by Crippen LogP contribution is 2.31. The molecule has 0 heterocycles. The zero-order chi connectivity index (χ0) is 17.8. The van der Waals surface area contributed by atoms with Crippen molar-refractivity contribution in [1.29, 1.82) is 0 Å². The van der Waals surface area contributed by atoms with E-state index in [4.69, 9.17) is 4.74 Å². The van der Waals surface area contributed by atoms with Gasteiger partial charge >= 0.3 is 0 Å². The Hall–Kier alpha value is -0.0400. The Morgan fingerprint density at radius 1 is 0.818 bits per heavy atom. The Morgan fingerprint density at radius 3 is 1.68 bits per heavy atom. The maximum Gasteiger partial charge on any atom is 0.0597 e. The van der Waals surface area contributed by atoms with E-state index in [1.165, 1.54) is 32.1 Å². The quantitative estimate of drug-likeness (QED) is 0.387. The first-order chi connectivity index (χ1) is 10.3. The van der Waals surface area contributed by atoms with Crippen molar-refractivity contribution in [2.24, 2.45) is 23.2 Å². The highest BCUT2D eigenvalue weighted by atomic mass is 16.5. The number of hydrogen-bond donors (Lipinski definition) is 0. The van der Waals surface area contributed by atoms with Crippen LogP contribution in [0.15, 0.2) is 0 Å². The Balaban J connectivity index is 0. The first-order valence-electron chi connectivity index (χ1n) is 9.93. The lowest BCUT2D eigenvalue weighted by Crippen LogP contribution is -2.32. The minimum Gasteiger partial charge on any atom is -0.378 e. The van der Waals surface area contributed by atoms with E-state index >= 15 is 0 Å². The highest BCUT2D eigenvalue weighted by Gasteiger charge is 2.27. The maximum absolute atomic E-state index is 6.25. The van der Waals surface area contributed by atoms with E-state index in [1.54, 1.807) is 0 Å². The summed E-state index contributed by atoms with van der Waals surface area (Å²) in [6, 6.07) is 0. The second-order valence-corrected chi connectivity index (χ2v) is 7.40. The number of hydrogen-bond acceptors (Lipinski definition) is 1. The van der Waals surface area contributed by atoms with Gasteiger partial charge in [-0.15, -0.1) is 0 Å². The molecule has 4 unspecified atom stereocenters.